The third-order valence-electron chi connectivity index (χ3n) is 4.95. The fraction of sp³-hybridized carbons (Fsp3) is 0.300. The van der Waals surface area contributed by atoms with Crippen LogP contribution in [0.5, 0.6) is 0 Å². The Labute approximate surface area is 172 Å². The normalized spacial score (nSPS) is 20.8. The lowest BCUT2D eigenvalue weighted by Crippen LogP contribution is -2.39. The second-order valence-electron chi connectivity index (χ2n) is 6.94. The molecule has 27 heavy (non-hydrogen) atoms. The number of rotatable bonds is 3. The van der Waals surface area contributed by atoms with Crippen LogP contribution in [-0.2, 0) is 9.59 Å². The highest BCUT2D eigenvalue weighted by atomic mass is 35.5. The average molecular weight is 421 g/mol. The van der Waals surface area contributed by atoms with Crippen LogP contribution in [0.3, 0.4) is 0 Å². The molecule has 1 atom stereocenters. The Morgan fingerprint density at radius 2 is 1.96 bits per heavy atom. The summed E-state index contributed by atoms with van der Waals surface area (Å²) in [6.07, 6.45) is 2.13. The zero-order valence-electron chi connectivity index (χ0n) is 14.7. The molecule has 1 fully saturated rings. The van der Waals surface area contributed by atoms with Gasteiger partial charge in [-0.05, 0) is 48.4 Å². The molecule has 7 heteroatoms. The number of amides is 2. The lowest BCUT2D eigenvalue weighted by atomic mass is 9.99. The quantitative estimate of drug-likeness (QED) is 0.650. The van der Waals surface area contributed by atoms with Crippen molar-refractivity contribution < 1.29 is 9.59 Å². The number of halogens is 2. The monoisotopic (exact) mass is 420 g/mol. The molecule has 1 saturated heterocycles. The summed E-state index contributed by atoms with van der Waals surface area (Å²) >= 11 is 13.9. The van der Waals surface area contributed by atoms with Crippen LogP contribution in [0, 0.1) is 5.92 Å². The Morgan fingerprint density at radius 1 is 1.15 bits per heavy atom. The van der Waals surface area contributed by atoms with Crippen LogP contribution in [0.15, 0.2) is 41.4 Å². The number of carbonyl (C=O) groups is 2. The van der Waals surface area contributed by atoms with Crippen LogP contribution in [0.4, 0.5) is 5.69 Å². The number of nitrogens with zero attached hydrogens (tertiary/aromatic N) is 2. The molecule has 2 amide bonds. The molecule has 0 radical (unpaired) electrons. The number of likely N-dealkylation sites (tertiary alicyclic amines) is 1. The SMILES string of the molecule is CC1CCCN(C2=C(c3cccs3)C(=O)N(c3cc(Cl)ccc3Cl)C2=O)C1. The van der Waals surface area contributed by atoms with Crippen LogP contribution in [0.2, 0.25) is 10.0 Å². The first-order valence-corrected chi connectivity index (χ1v) is 10.5. The lowest BCUT2D eigenvalue weighted by molar-refractivity contribution is -0.120. The Hall–Kier alpha value is -1.82. The molecule has 4 rings (SSSR count). The molecule has 0 spiro atoms. The Balaban J connectivity index is 1.83. The van der Waals surface area contributed by atoms with E-state index in [-0.39, 0.29) is 11.8 Å². The van der Waals surface area contributed by atoms with Gasteiger partial charge in [-0.3, -0.25) is 9.59 Å². The van der Waals surface area contributed by atoms with Crippen molar-refractivity contribution in [2.45, 2.75) is 19.8 Å². The van der Waals surface area contributed by atoms with Crippen molar-refractivity contribution in [3.63, 3.8) is 0 Å². The van der Waals surface area contributed by atoms with Crippen molar-refractivity contribution >= 4 is 57.6 Å². The number of anilines is 1. The first kappa shape index (κ1) is 18.5. The zero-order valence-corrected chi connectivity index (χ0v) is 17.1. The van der Waals surface area contributed by atoms with Gasteiger partial charge in [0.05, 0.1) is 16.3 Å². The number of hydrogen-bond donors (Lipinski definition) is 0. The fourth-order valence-corrected chi connectivity index (χ4v) is 4.85. The van der Waals surface area contributed by atoms with Crippen molar-refractivity contribution in [1.82, 2.24) is 4.90 Å². The third kappa shape index (κ3) is 3.28. The van der Waals surface area contributed by atoms with Crippen LogP contribution in [-0.4, -0.2) is 29.8 Å². The number of hydrogen-bond acceptors (Lipinski definition) is 4. The molecule has 3 heterocycles. The van der Waals surface area contributed by atoms with Gasteiger partial charge in [0.2, 0.25) is 0 Å². The number of imide groups is 1. The van der Waals surface area contributed by atoms with Crippen LogP contribution in [0.25, 0.3) is 5.57 Å². The molecule has 0 N–H and O–H groups in total. The first-order valence-electron chi connectivity index (χ1n) is 8.84. The van der Waals surface area contributed by atoms with Gasteiger partial charge in [0.1, 0.15) is 5.70 Å². The minimum absolute atomic E-state index is 0.319. The predicted molar refractivity (Wildman–Crippen MR) is 110 cm³/mol. The van der Waals surface area contributed by atoms with E-state index in [9.17, 15) is 9.59 Å². The Morgan fingerprint density at radius 3 is 2.67 bits per heavy atom. The molecule has 0 aliphatic carbocycles. The third-order valence-corrected chi connectivity index (χ3v) is 6.39. The lowest BCUT2D eigenvalue weighted by Gasteiger charge is -2.33. The second-order valence-corrected chi connectivity index (χ2v) is 8.73. The highest BCUT2D eigenvalue weighted by Crippen LogP contribution is 2.40. The summed E-state index contributed by atoms with van der Waals surface area (Å²) in [7, 11) is 0. The van der Waals surface area contributed by atoms with E-state index in [1.165, 1.54) is 11.3 Å². The molecule has 0 saturated carbocycles. The molecular formula is C20H18Cl2N2O2S. The summed E-state index contributed by atoms with van der Waals surface area (Å²) in [5, 5.41) is 2.65. The van der Waals surface area contributed by atoms with Crippen LogP contribution < -0.4 is 4.90 Å². The van der Waals surface area contributed by atoms with Gasteiger partial charge in [0, 0.05) is 23.0 Å². The van der Waals surface area contributed by atoms with E-state index in [4.69, 9.17) is 23.2 Å². The van der Waals surface area contributed by atoms with Crippen molar-refractivity contribution in [1.29, 1.82) is 0 Å². The van der Waals surface area contributed by atoms with Gasteiger partial charge in [-0.25, -0.2) is 4.90 Å². The summed E-state index contributed by atoms with van der Waals surface area (Å²) in [5.41, 5.74) is 1.26. The van der Waals surface area contributed by atoms with Crippen molar-refractivity contribution in [2.75, 3.05) is 18.0 Å². The van der Waals surface area contributed by atoms with Crippen molar-refractivity contribution in [3.05, 3.63) is 56.3 Å². The molecule has 2 aromatic rings. The molecule has 0 bridgehead atoms. The van der Waals surface area contributed by atoms with E-state index in [0.717, 1.165) is 35.7 Å². The highest BCUT2D eigenvalue weighted by molar-refractivity contribution is 7.11. The van der Waals surface area contributed by atoms with E-state index >= 15 is 0 Å². The van der Waals surface area contributed by atoms with Crippen LogP contribution in [0.1, 0.15) is 24.6 Å². The molecule has 1 aromatic heterocycles. The molecule has 140 valence electrons. The maximum absolute atomic E-state index is 13.4. The van der Waals surface area contributed by atoms with Gasteiger partial charge in [0.15, 0.2) is 0 Å². The topological polar surface area (TPSA) is 40.6 Å². The van der Waals surface area contributed by atoms with Gasteiger partial charge in [-0.2, -0.15) is 0 Å². The van der Waals surface area contributed by atoms with Gasteiger partial charge in [-0.1, -0.05) is 36.2 Å². The number of benzene rings is 1. The summed E-state index contributed by atoms with van der Waals surface area (Å²) < 4.78 is 0. The molecule has 4 nitrogen and oxygen atoms in total. The minimum Gasteiger partial charge on any atom is -0.366 e. The number of piperidine rings is 1. The molecule has 2 aliphatic rings. The molecule has 1 aromatic carbocycles. The maximum atomic E-state index is 13.4. The van der Waals surface area contributed by atoms with E-state index in [0.29, 0.717) is 32.9 Å². The maximum Gasteiger partial charge on any atom is 0.282 e. The summed E-state index contributed by atoms with van der Waals surface area (Å²) in [6.45, 7) is 3.70. The number of carbonyl (C=O) groups excluding carboxylic acids is 2. The van der Waals surface area contributed by atoms with Crippen molar-refractivity contribution in [3.8, 4) is 0 Å². The minimum atomic E-state index is -0.347. The number of thiophene rings is 1. The predicted octanol–water partition coefficient (Wildman–Crippen LogP) is 5.07. The van der Waals surface area contributed by atoms with E-state index in [2.05, 4.69) is 11.8 Å². The van der Waals surface area contributed by atoms with E-state index in [1.807, 2.05) is 17.5 Å². The average Bonchev–Trinajstić information content (AvgIpc) is 3.24. The van der Waals surface area contributed by atoms with Crippen LogP contribution >= 0.6 is 34.5 Å². The van der Waals surface area contributed by atoms with Gasteiger partial charge >= 0.3 is 0 Å². The summed E-state index contributed by atoms with van der Waals surface area (Å²) in [6, 6.07) is 8.57. The highest BCUT2D eigenvalue weighted by Gasteiger charge is 2.44. The standard InChI is InChI=1S/C20H18Cl2N2O2S/c1-12-4-2-8-23(11-12)18-17(16-5-3-9-27-16)19(25)24(20(18)26)15-10-13(21)6-7-14(15)22/h3,5-7,9-10,12H,2,4,8,11H2,1H3. The van der Waals surface area contributed by atoms with Gasteiger partial charge in [-0.15, -0.1) is 11.3 Å². The van der Waals surface area contributed by atoms with Gasteiger partial charge in [0.25, 0.3) is 11.8 Å². The van der Waals surface area contributed by atoms with E-state index < -0.39 is 0 Å². The zero-order chi connectivity index (χ0) is 19.1. The fourth-order valence-electron chi connectivity index (χ4n) is 3.72. The van der Waals surface area contributed by atoms with E-state index in [1.54, 1.807) is 18.2 Å². The molecule has 1 unspecified atom stereocenters. The molecular weight excluding hydrogens is 403 g/mol. The Kier molecular flexibility index (Phi) is 5.01. The Bertz CT molecular complexity index is 939. The largest absolute Gasteiger partial charge is 0.366 e. The van der Waals surface area contributed by atoms with Gasteiger partial charge < -0.3 is 4.90 Å². The molecule has 2 aliphatic heterocycles. The summed E-state index contributed by atoms with van der Waals surface area (Å²) in [5.74, 6) is -0.205. The first-order chi connectivity index (χ1) is 13.0. The second kappa shape index (κ2) is 7.30. The van der Waals surface area contributed by atoms with Crippen molar-refractivity contribution in [2.24, 2.45) is 5.92 Å². The summed E-state index contributed by atoms with van der Waals surface area (Å²) in [4.78, 5) is 30.8. The smallest absolute Gasteiger partial charge is 0.282 e.